The van der Waals surface area contributed by atoms with E-state index in [1.54, 1.807) is 6.20 Å². The minimum absolute atomic E-state index is 0.0213. The molecule has 0 aliphatic carbocycles. The number of hydrogen-bond acceptors (Lipinski definition) is 6. The first-order chi connectivity index (χ1) is 15.7. The van der Waals surface area contributed by atoms with Crippen LogP contribution in [-0.4, -0.2) is 47.4 Å². The van der Waals surface area contributed by atoms with Crippen molar-refractivity contribution in [1.82, 2.24) is 26.1 Å². The molecule has 32 heavy (non-hydrogen) atoms. The van der Waals surface area contributed by atoms with Crippen LogP contribution in [0.25, 0.3) is 0 Å². The number of pyridine rings is 1. The summed E-state index contributed by atoms with van der Waals surface area (Å²) in [6.07, 6.45) is 3.77. The first-order valence-corrected chi connectivity index (χ1v) is 11.3. The molecular weight excluding hydrogens is 406 g/mol. The highest BCUT2D eigenvalue weighted by atomic mass is 16.5. The van der Waals surface area contributed by atoms with Crippen molar-refractivity contribution in [2.45, 2.75) is 44.8 Å². The predicted molar refractivity (Wildman–Crippen MR) is 120 cm³/mol. The van der Waals surface area contributed by atoms with Crippen molar-refractivity contribution in [3.63, 3.8) is 0 Å². The molecule has 2 aliphatic heterocycles. The van der Waals surface area contributed by atoms with E-state index in [2.05, 4.69) is 21.2 Å². The molecule has 2 amide bonds. The Hall–Kier alpha value is -2.97. The number of para-hydroxylation sites is 1. The van der Waals surface area contributed by atoms with E-state index >= 15 is 0 Å². The molecule has 4 rings (SSSR count). The number of carbonyl (C=O) groups is 2. The van der Waals surface area contributed by atoms with Gasteiger partial charge >= 0.3 is 0 Å². The van der Waals surface area contributed by atoms with E-state index in [9.17, 15) is 9.59 Å². The average Bonchev–Trinajstić information content (AvgIpc) is 3.34. The number of nitrogens with zero attached hydrogens (tertiary/aromatic N) is 2. The van der Waals surface area contributed by atoms with Crippen LogP contribution in [0.4, 0.5) is 0 Å². The summed E-state index contributed by atoms with van der Waals surface area (Å²) in [7, 11) is 0. The summed E-state index contributed by atoms with van der Waals surface area (Å²) in [4.78, 5) is 31.9. The van der Waals surface area contributed by atoms with Crippen LogP contribution in [0.5, 0.6) is 5.75 Å². The van der Waals surface area contributed by atoms with Crippen LogP contribution in [0.1, 0.15) is 43.5 Å². The molecule has 0 saturated carbocycles. The van der Waals surface area contributed by atoms with Gasteiger partial charge in [0.15, 0.2) is 0 Å². The summed E-state index contributed by atoms with van der Waals surface area (Å²) in [6.45, 7) is 4.17. The van der Waals surface area contributed by atoms with E-state index in [0.29, 0.717) is 45.5 Å². The van der Waals surface area contributed by atoms with E-state index in [1.807, 2.05) is 54.3 Å². The smallest absolute Gasteiger partial charge is 0.241 e. The minimum Gasteiger partial charge on any atom is -0.494 e. The molecule has 1 aromatic heterocycles. The van der Waals surface area contributed by atoms with Gasteiger partial charge in [0.25, 0.3) is 0 Å². The van der Waals surface area contributed by atoms with Crippen molar-refractivity contribution < 1.29 is 14.3 Å². The van der Waals surface area contributed by atoms with Crippen molar-refractivity contribution in [3.05, 3.63) is 59.9 Å². The SMILES string of the molecule is CCOc1ccccc1CNC(=O)C1CCN(C(=O)C2CC(c3ccccn3)NN2)CC1. The molecule has 2 saturated heterocycles. The van der Waals surface area contributed by atoms with Gasteiger partial charge in [-0.05, 0) is 44.4 Å². The van der Waals surface area contributed by atoms with Crippen LogP contribution in [0.15, 0.2) is 48.7 Å². The second-order valence-electron chi connectivity index (χ2n) is 8.24. The first kappa shape index (κ1) is 22.2. The zero-order valence-electron chi connectivity index (χ0n) is 18.4. The van der Waals surface area contributed by atoms with Gasteiger partial charge in [0.05, 0.1) is 18.3 Å². The molecule has 2 aliphatic rings. The number of amides is 2. The van der Waals surface area contributed by atoms with Gasteiger partial charge in [-0.25, -0.2) is 10.9 Å². The Bertz CT molecular complexity index is 915. The Kier molecular flexibility index (Phi) is 7.34. The van der Waals surface area contributed by atoms with E-state index in [0.717, 1.165) is 17.0 Å². The Balaban J connectivity index is 1.23. The van der Waals surface area contributed by atoms with Crippen LogP contribution in [0.3, 0.4) is 0 Å². The topological polar surface area (TPSA) is 95.6 Å². The Morgan fingerprint density at radius 3 is 2.66 bits per heavy atom. The Morgan fingerprint density at radius 2 is 1.91 bits per heavy atom. The lowest BCUT2D eigenvalue weighted by molar-refractivity contribution is -0.137. The number of rotatable bonds is 7. The summed E-state index contributed by atoms with van der Waals surface area (Å²) < 4.78 is 5.63. The highest BCUT2D eigenvalue weighted by Crippen LogP contribution is 2.24. The maximum absolute atomic E-state index is 13.0. The lowest BCUT2D eigenvalue weighted by Gasteiger charge is -2.32. The Labute approximate surface area is 188 Å². The summed E-state index contributed by atoms with van der Waals surface area (Å²) in [5, 5.41) is 3.04. The van der Waals surface area contributed by atoms with Gasteiger partial charge in [0, 0.05) is 37.3 Å². The molecule has 8 heteroatoms. The molecule has 2 atom stereocenters. The monoisotopic (exact) mass is 437 g/mol. The summed E-state index contributed by atoms with van der Waals surface area (Å²) in [5.74, 6) is 0.853. The van der Waals surface area contributed by atoms with Crippen molar-refractivity contribution in [1.29, 1.82) is 0 Å². The number of likely N-dealkylation sites (tertiary alicyclic amines) is 1. The van der Waals surface area contributed by atoms with E-state index in [4.69, 9.17) is 4.74 Å². The number of carbonyl (C=O) groups excluding carboxylic acids is 2. The summed E-state index contributed by atoms with van der Waals surface area (Å²) in [5.41, 5.74) is 8.20. The first-order valence-electron chi connectivity index (χ1n) is 11.3. The number of hydrazine groups is 1. The molecular formula is C24H31N5O3. The standard InChI is InChI=1S/C24H31N5O3/c1-2-32-22-9-4-3-7-18(22)16-26-23(30)17-10-13-29(14-11-17)24(31)21-15-20(27-28-21)19-8-5-6-12-25-19/h3-9,12,17,20-21,27-28H,2,10-11,13-16H2,1H3,(H,26,30). The predicted octanol–water partition coefficient (Wildman–Crippen LogP) is 1.94. The molecule has 8 nitrogen and oxygen atoms in total. The van der Waals surface area contributed by atoms with Crippen molar-refractivity contribution in [2.75, 3.05) is 19.7 Å². The molecule has 0 spiro atoms. The zero-order valence-corrected chi connectivity index (χ0v) is 18.4. The number of benzene rings is 1. The van der Waals surface area contributed by atoms with Gasteiger partial charge in [-0.1, -0.05) is 24.3 Å². The van der Waals surface area contributed by atoms with Crippen molar-refractivity contribution in [2.24, 2.45) is 5.92 Å². The maximum Gasteiger partial charge on any atom is 0.241 e. The van der Waals surface area contributed by atoms with Crippen molar-refractivity contribution in [3.8, 4) is 5.75 Å². The third kappa shape index (κ3) is 5.26. The molecule has 2 unspecified atom stereocenters. The highest BCUT2D eigenvalue weighted by molar-refractivity contribution is 5.83. The molecule has 2 fully saturated rings. The second-order valence-corrected chi connectivity index (χ2v) is 8.24. The quantitative estimate of drug-likeness (QED) is 0.613. The number of hydrogen-bond donors (Lipinski definition) is 3. The maximum atomic E-state index is 13.0. The minimum atomic E-state index is -0.276. The fourth-order valence-electron chi connectivity index (χ4n) is 4.35. The van der Waals surface area contributed by atoms with Crippen LogP contribution in [-0.2, 0) is 16.1 Å². The fraction of sp³-hybridized carbons (Fsp3) is 0.458. The van der Waals surface area contributed by atoms with Crippen LogP contribution in [0, 0.1) is 5.92 Å². The normalized spacial score (nSPS) is 21.3. The molecule has 1 aromatic carbocycles. The zero-order chi connectivity index (χ0) is 22.3. The molecule has 0 radical (unpaired) electrons. The van der Waals surface area contributed by atoms with E-state index in [1.165, 1.54) is 0 Å². The summed E-state index contributed by atoms with van der Waals surface area (Å²) in [6, 6.07) is 13.3. The second kappa shape index (κ2) is 10.6. The molecule has 3 N–H and O–H groups in total. The van der Waals surface area contributed by atoms with Gasteiger partial charge in [-0.2, -0.15) is 0 Å². The molecule has 3 heterocycles. The summed E-state index contributed by atoms with van der Waals surface area (Å²) >= 11 is 0. The molecule has 0 bridgehead atoms. The number of aromatic nitrogens is 1. The van der Waals surface area contributed by atoms with Gasteiger partial charge in [-0.15, -0.1) is 0 Å². The van der Waals surface area contributed by atoms with E-state index < -0.39 is 0 Å². The van der Waals surface area contributed by atoms with Crippen LogP contribution >= 0.6 is 0 Å². The number of ether oxygens (including phenoxy) is 1. The van der Waals surface area contributed by atoms with Crippen LogP contribution in [0.2, 0.25) is 0 Å². The lowest BCUT2D eigenvalue weighted by atomic mass is 9.95. The van der Waals surface area contributed by atoms with Crippen LogP contribution < -0.4 is 20.9 Å². The third-order valence-electron chi connectivity index (χ3n) is 6.15. The lowest BCUT2D eigenvalue weighted by Crippen LogP contribution is -2.49. The molecule has 170 valence electrons. The highest BCUT2D eigenvalue weighted by Gasteiger charge is 2.35. The Morgan fingerprint density at radius 1 is 1.12 bits per heavy atom. The van der Waals surface area contributed by atoms with E-state index in [-0.39, 0.29) is 29.8 Å². The number of nitrogens with one attached hydrogen (secondary N) is 3. The third-order valence-corrected chi connectivity index (χ3v) is 6.15. The van der Waals surface area contributed by atoms with Gasteiger partial charge < -0.3 is 15.0 Å². The van der Waals surface area contributed by atoms with Crippen molar-refractivity contribution >= 4 is 11.8 Å². The van der Waals surface area contributed by atoms with Gasteiger partial charge in [0.2, 0.25) is 11.8 Å². The largest absolute Gasteiger partial charge is 0.494 e. The average molecular weight is 438 g/mol. The molecule has 2 aromatic rings. The van der Waals surface area contributed by atoms with Gasteiger partial charge in [-0.3, -0.25) is 14.6 Å². The fourth-order valence-corrected chi connectivity index (χ4v) is 4.35. The van der Waals surface area contributed by atoms with Gasteiger partial charge in [0.1, 0.15) is 11.8 Å². The number of piperidine rings is 1.